The van der Waals surface area contributed by atoms with E-state index in [0.717, 1.165) is 28.8 Å². The second-order valence-electron chi connectivity index (χ2n) is 5.84. The number of rotatable bonds is 4. The van der Waals surface area contributed by atoms with Crippen molar-refractivity contribution in [3.8, 4) is 0 Å². The summed E-state index contributed by atoms with van der Waals surface area (Å²) in [5, 5.41) is 14.2. The summed E-state index contributed by atoms with van der Waals surface area (Å²) in [5.41, 5.74) is 7.76. The number of nitrogens with zero attached hydrogens (tertiary/aromatic N) is 2. The van der Waals surface area contributed by atoms with Gasteiger partial charge in [0.2, 0.25) is 0 Å². The highest BCUT2D eigenvalue weighted by Gasteiger charge is 2.20. The van der Waals surface area contributed by atoms with Crippen LogP contribution in [0.4, 0.5) is 5.69 Å². The molecule has 3 rings (SSSR count). The van der Waals surface area contributed by atoms with Gasteiger partial charge in [-0.2, -0.15) is 0 Å². The fourth-order valence-corrected chi connectivity index (χ4v) is 3.05. The zero-order valence-corrected chi connectivity index (χ0v) is 12.3. The van der Waals surface area contributed by atoms with Crippen LogP contribution in [0.25, 0.3) is 10.8 Å². The van der Waals surface area contributed by atoms with Crippen LogP contribution in [0.5, 0.6) is 0 Å². The first-order valence-corrected chi connectivity index (χ1v) is 7.41. The Labute approximate surface area is 124 Å². The molecule has 4 heteroatoms. The van der Waals surface area contributed by atoms with Gasteiger partial charge in [-0.25, -0.2) is 0 Å². The number of hydrogen-bond donors (Lipinski definition) is 2. The van der Waals surface area contributed by atoms with E-state index in [0.29, 0.717) is 0 Å². The lowest BCUT2D eigenvalue weighted by Crippen LogP contribution is -2.29. The molecule has 0 amide bonds. The van der Waals surface area contributed by atoms with Crippen LogP contribution in [0.1, 0.15) is 24.8 Å². The first kappa shape index (κ1) is 13.7. The van der Waals surface area contributed by atoms with E-state index in [9.17, 15) is 0 Å². The van der Waals surface area contributed by atoms with Crippen molar-refractivity contribution in [1.29, 1.82) is 0 Å². The molecule has 1 aliphatic carbocycles. The number of benzene rings is 2. The zero-order valence-electron chi connectivity index (χ0n) is 12.3. The van der Waals surface area contributed by atoms with E-state index < -0.39 is 0 Å². The largest absolute Gasteiger partial charge is 0.409 e. The Morgan fingerprint density at radius 2 is 1.95 bits per heavy atom. The van der Waals surface area contributed by atoms with Crippen LogP contribution in [0.15, 0.2) is 41.6 Å². The molecule has 0 aromatic heterocycles. The Balaban J connectivity index is 2.03. The van der Waals surface area contributed by atoms with Gasteiger partial charge in [0.05, 0.1) is 0 Å². The van der Waals surface area contributed by atoms with Gasteiger partial charge in [0.1, 0.15) is 0 Å². The van der Waals surface area contributed by atoms with Crippen molar-refractivity contribution in [2.24, 2.45) is 16.8 Å². The van der Waals surface area contributed by atoms with Crippen molar-refractivity contribution < 1.29 is 5.21 Å². The van der Waals surface area contributed by atoms with Gasteiger partial charge < -0.3 is 15.8 Å². The maximum atomic E-state index is 8.94. The first-order chi connectivity index (χ1) is 10.2. The SMILES string of the molecule is CN(CC1CCC1)c1ccc(/C(N)=N/O)c2ccccc12. The van der Waals surface area contributed by atoms with E-state index in [1.807, 2.05) is 24.3 Å². The normalized spacial score (nSPS) is 16.0. The highest BCUT2D eigenvalue weighted by atomic mass is 16.4. The molecule has 4 nitrogen and oxygen atoms in total. The van der Waals surface area contributed by atoms with Gasteiger partial charge in [-0.3, -0.25) is 0 Å². The van der Waals surface area contributed by atoms with Crippen LogP contribution in [-0.2, 0) is 0 Å². The van der Waals surface area contributed by atoms with Crippen molar-refractivity contribution in [3.05, 3.63) is 42.0 Å². The van der Waals surface area contributed by atoms with Gasteiger partial charge >= 0.3 is 0 Å². The standard InChI is InChI=1S/C17H21N3O/c1-20(11-12-5-4-6-12)16-10-9-15(17(18)19-21)13-7-2-3-8-14(13)16/h2-3,7-10,12,21H,4-6,11H2,1H3,(H2,18,19). The minimum atomic E-state index is 0.152. The minimum Gasteiger partial charge on any atom is -0.409 e. The lowest BCUT2D eigenvalue weighted by Gasteiger charge is -2.32. The van der Waals surface area contributed by atoms with Crippen LogP contribution < -0.4 is 10.6 Å². The molecule has 0 bridgehead atoms. The monoisotopic (exact) mass is 283 g/mol. The van der Waals surface area contributed by atoms with E-state index in [1.165, 1.54) is 24.9 Å². The number of fused-ring (bicyclic) bond motifs is 1. The lowest BCUT2D eigenvalue weighted by molar-refractivity contribution is 0.318. The fraction of sp³-hybridized carbons (Fsp3) is 0.353. The summed E-state index contributed by atoms with van der Waals surface area (Å²) in [5.74, 6) is 0.969. The topological polar surface area (TPSA) is 61.8 Å². The number of hydrogen-bond acceptors (Lipinski definition) is 3. The Bertz CT molecular complexity index is 677. The number of oxime groups is 1. The zero-order chi connectivity index (χ0) is 14.8. The van der Waals surface area contributed by atoms with Crippen molar-refractivity contribution >= 4 is 22.3 Å². The molecule has 0 heterocycles. The first-order valence-electron chi connectivity index (χ1n) is 7.41. The van der Waals surface area contributed by atoms with Gasteiger partial charge in [-0.05, 0) is 36.3 Å². The van der Waals surface area contributed by atoms with Gasteiger partial charge in [-0.15, -0.1) is 0 Å². The van der Waals surface area contributed by atoms with E-state index in [1.54, 1.807) is 0 Å². The number of anilines is 1. The molecule has 2 aromatic rings. The van der Waals surface area contributed by atoms with Crippen molar-refractivity contribution in [1.82, 2.24) is 0 Å². The maximum absolute atomic E-state index is 8.94. The Morgan fingerprint density at radius 3 is 2.57 bits per heavy atom. The van der Waals surface area contributed by atoms with Crippen molar-refractivity contribution in [3.63, 3.8) is 0 Å². The van der Waals surface area contributed by atoms with Gasteiger partial charge in [-0.1, -0.05) is 35.8 Å². The van der Waals surface area contributed by atoms with E-state index in [-0.39, 0.29) is 5.84 Å². The maximum Gasteiger partial charge on any atom is 0.170 e. The quantitative estimate of drug-likeness (QED) is 0.392. The van der Waals surface area contributed by atoms with Gasteiger partial charge in [0.15, 0.2) is 5.84 Å². The highest BCUT2D eigenvalue weighted by Crippen LogP contribution is 2.32. The molecule has 2 aromatic carbocycles. The van der Waals surface area contributed by atoms with Crippen LogP contribution in [0.3, 0.4) is 0 Å². The highest BCUT2D eigenvalue weighted by molar-refractivity contribution is 6.11. The molecule has 3 N–H and O–H groups in total. The molecule has 0 radical (unpaired) electrons. The Morgan fingerprint density at radius 1 is 1.24 bits per heavy atom. The summed E-state index contributed by atoms with van der Waals surface area (Å²) >= 11 is 0. The summed E-state index contributed by atoms with van der Waals surface area (Å²) in [6.45, 7) is 1.09. The van der Waals surface area contributed by atoms with Crippen LogP contribution >= 0.6 is 0 Å². The molecule has 0 saturated heterocycles. The van der Waals surface area contributed by atoms with E-state index in [2.05, 4.69) is 29.2 Å². The molecule has 0 atom stereocenters. The molecule has 0 unspecified atom stereocenters. The lowest BCUT2D eigenvalue weighted by atomic mass is 9.85. The second-order valence-corrected chi connectivity index (χ2v) is 5.84. The third kappa shape index (κ3) is 2.53. The summed E-state index contributed by atoms with van der Waals surface area (Å²) in [4.78, 5) is 2.32. The molecular weight excluding hydrogens is 262 g/mol. The van der Waals surface area contributed by atoms with Crippen LogP contribution in [0.2, 0.25) is 0 Å². The fourth-order valence-electron chi connectivity index (χ4n) is 3.05. The van der Waals surface area contributed by atoms with Crippen LogP contribution in [0, 0.1) is 5.92 Å². The summed E-state index contributed by atoms with van der Waals surface area (Å²) in [6, 6.07) is 12.1. The van der Waals surface area contributed by atoms with E-state index in [4.69, 9.17) is 10.9 Å². The van der Waals surface area contributed by atoms with Gasteiger partial charge in [0, 0.05) is 30.2 Å². The second kappa shape index (κ2) is 5.64. The summed E-state index contributed by atoms with van der Waals surface area (Å²) in [7, 11) is 2.14. The average molecular weight is 283 g/mol. The predicted molar refractivity (Wildman–Crippen MR) is 87.1 cm³/mol. The summed E-state index contributed by atoms with van der Waals surface area (Å²) in [6.07, 6.45) is 4.04. The third-order valence-electron chi connectivity index (χ3n) is 4.45. The van der Waals surface area contributed by atoms with Gasteiger partial charge in [0.25, 0.3) is 0 Å². The number of nitrogens with two attached hydrogens (primary N) is 1. The molecule has 1 fully saturated rings. The molecule has 0 aliphatic heterocycles. The summed E-state index contributed by atoms with van der Waals surface area (Å²) < 4.78 is 0. The van der Waals surface area contributed by atoms with Crippen LogP contribution in [-0.4, -0.2) is 24.6 Å². The molecule has 1 saturated carbocycles. The number of amidine groups is 1. The van der Waals surface area contributed by atoms with Crippen molar-refractivity contribution in [2.75, 3.05) is 18.5 Å². The Hall–Kier alpha value is -2.23. The Kier molecular flexibility index (Phi) is 3.69. The predicted octanol–water partition coefficient (Wildman–Crippen LogP) is 3.17. The van der Waals surface area contributed by atoms with E-state index >= 15 is 0 Å². The molecule has 0 spiro atoms. The molecule has 1 aliphatic rings. The average Bonchev–Trinajstić information content (AvgIpc) is 2.48. The third-order valence-corrected chi connectivity index (χ3v) is 4.45. The smallest absolute Gasteiger partial charge is 0.170 e. The molecule has 21 heavy (non-hydrogen) atoms. The molecular formula is C17H21N3O. The van der Waals surface area contributed by atoms with Crippen molar-refractivity contribution in [2.45, 2.75) is 19.3 Å². The minimum absolute atomic E-state index is 0.152. The molecule has 110 valence electrons.